The van der Waals surface area contributed by atoms with Gasteiger partial charge in [-0.2, -0.15) is 0 Å². The number of ketones is 1. The number of Topliss-reactive ketones (excluding diaryl/α,β-unsaturated/α-hetero) is 1. The number of aromatic nitrogens is 3. The molecule has 6 nitrogen and oxygen atoms in total. The van der Waals surface area contributed by atoms with Gasteiger partial charge in [-0.25, -0.2) is 4.68 Å². The molecule has 1 heterocycles. The Kier molecular flexibility index (Phi) is 3.97. The lowest BCUT2D eigenvalue weighted by Gasteiger charge is -2.11. The van der Waals surface area contributed by atoms with E-state index < -0.39 is 0 Å². The van der Waals surface area contributed by atoms with Gasteiger partial charge in [-0.3, -0.25) is 9.59 Å². The summed E-state index contributed by atoms with van der Waals surface area (Å²) in [6.07, 6.45) is 3.20. The summed E-state index contributed by atoms with van der Waals surface area (Å²) in [6, 6.07) is 14.0. The number of nitrogens with one attached hydrogen (secondary N) is 1. The minimum Gasteiger partial charge on any atom is -0.321 e. The molecule has 6 heteroatoms. The molecule has 0 radical (unpaired) electrons. The van der Waals surface area contributed by atoms with Crippen LogP contribution in [0.2, 0.25) is 0 Å². The van der Waals surface area contributed by atoms with Crippen LogP contribution in [-0.4, -0.2) is 26.7 Å². The Balaban J connectivity index is 1.96. The smallest absolute Gasteiger partial charge is 0.257 e. The molecule has 0 atom stereocenters. The Labute approximate surface area is 132 Å². The van der Waals surface area contributed by atoms with Gasteiger partial charge in [-0.1, -0.05) is 29.5 Å². The molecule has 1 N–H and O–H groups in total. The highest BCUT2D eigenvalue weighted by Crippen LogP contribution is 2.19. The van der Waals surface area contributed by atoms with E-state index in [1.165, 1.54) is 11.6 Å². The molecule has 0 unspecified atom stereocenters. The number of benzene rings is 2. The molecule has 3 rings (SSSR count). The topological polar surface area (TPSA) is 76.9 Å². The average molecular weight is 306 g/mol. The van der Waals surface area contributed by atoms with Gasteiger partial charge in [0.15, 0.2) is 5.78 Å². The quantitative estimate of drug-likeness (QED) is 0.752. The first-order valence-electron chi connectivity index (χ1n) is 7.04. The second-order valence-corrected chi connectivity index (χ2v) is 4.92. The van der Waals surface area contributed by atoms with E-state index >= 15 is 0 Å². The van der Waals surface area contributed by atoms with Crippen molar-refractivity contribution in [2.45, 2.75) is 6.92 Å². The first kappa shape index (κ1) is 14.6. The van der Waals surface area contributed by atoms with E-state index in [2.05, 4.69) is 15.6 Å². The van der Waals surface area contributed by atoms with E-state index in [4.69, 9.17) is 0 Å². The fraction of sp³-hybridized carbons (Fsp3) is 0.0588. The molecule has 1 aromatic heterocycles. The zero-order valence-electron chi connectivity index (χ0n) is 12.4. The van der Waals surface area contributed by atoms with Crippen molar-refractivity contribution in [1.29, 1.82) is 0 Å². The molecule has 0 aliphatic rings. The number of nitrogens with zero attached hydrogens (tertiary/aromatic N) is 3. The predicted molar refractivity (Wildman–Crippen MR) is 85.8 cm³/mol. The van der Waals surface area contributed by atoms with Gasteiger partial charge < -0.3 is 5.32 Å². The van der Waals surface area contributed by atoms with Crippen LogP contribution in [0.4, 0.5) is 5.69 Å². The van der Waals surface area contributed by atoms with Crippen LogP contribution in [0.25, 0.3) is 5.69 Å². The Morgan fingerprint density at radius 2 is 1.70 bits per heavy atom. The first-order valence-corrected chi connectivity index (χ1v) is 7.04. The maximum Gasteiger partial charge on any atom is 0.257 e. The van der Waals surface area contributed by atoms with Crippen LogP contribution < -0.4 is 5.32 Å². The van der Waals surface area contributed by atoms with Crippen LogP contribution in [0, 0.1) is 0 Å². The van der Waals surface area contributed by atoms with E-state index in [0.29, 0.717) is 22.5 Å². The molecule has 0 aliphatic carbocycles. The summed E-state index contributed by atoms with van der Waals surface area (Å²) in [5, 5.41) is 10.5. The molecule has 0 fully saturated rings. The predicted octanol–water partition coefficient (Wildman–Crippen LogP) is 2.72. The Morgan fingerprint density at radius 3 is 2.39 bits per heavy atom. The van der Waals surface area contributed by atoms with Gasteiger partial charge in [0.05, 0.1) is 29.3 Å². The number of rotatable bonds is 4. The van der Waals surface area contributed by atoms with E-state index in [1.807, 2.05) is 6.07 Å². The molecule has 114 valence electrons. The zero-order chi connectivity index (χ0) is 16.2. The second kappa shape index (κ2) is 6.23. The normalized spacial score (nSPS) is 10.3. The maximum absolute atomic E-state index is 12.6. The highest BCUT2D eigenvalue weighted by molar-refractivity contribution is 6.10. The Hall–Kier alpha value is -3.28. The van der Waals surface area contributed by atoms with Gasteiger partial charge in [-0.15, -0.1) is 5.10 Å². The average Bonchev–Trinajstić information content (AvgIpc) is 3.09. The molecule has 0 aliphatic heterocycles. The van der Waals surface area contributed by atoms with Crippen LogP contribution in [0.5, 0.6) is 0 Å². The van der Waals surface area contributed by atoms with Crippen molar-refractivity contribution in [3.8, 4) is 5.69 Å². The van der Waals surface area contributed by atoms with Gasteiger partial charge >= 0.3 is 0 Å². The van der Waals surface area contributed by atoms with Crippen molar-refractivity contribution in [3.05, 3.63) is 72.1 Å². The van der Waals surface area contributed by atoms with Crippen molar-refractivity contribution < 1.29 is 9.59 Å². The molecule has 0 saturated heterocycles. The molecule has 3 aromatic rings. The summed E-state index contributed by atoms with van der Waals surface area (Å²) in [5.41, 5.74) is 2.01. The summed E-state index contributed by atoms with van der Waals surface area (Å²) in [6.45, 7) is 1.47. The van der Waals surface area contributed by atoms with E-state index in [9.17, 15) is 9.59 Å². The number of amides is 1. The van der Waals surface area contributed by atoms with Crippen LogP contribution in [0.15, 0.2) is 60.9 Å². The van der Waals surface area contributed by atoms with Crippen molar-refractivity contribution >= 4 is 17.4 Å². The fourth-order valence-electron chi connectivity index (χ4n) is 2.29. The molecule has 0 bridgehead atoms. The largest absolute Gasteiger partial charge is 0.321 e. The van der Waals surface area contributed by atoms with Crippen molar-refractivity contribution in [1.82, 2.24) is 15.0 Å². The van der Waals surface area contributed by atoms with Gasteiger partial charge in [-0.05, 0) is 31.2 Å². The number of carbonyl (C=O) groups excluding carboxylic acids is 2. The second-order valence-electron chi connectivity index (χ2n) is 4.92. The molecule has 2 aromatic carbocycles. The van der Waals surface area contributed by atoms with E-state index in [0.717, 1.165) is 0 Å². The molecular weight excluding hydrogens is 292 g/mol. The molecule has 1 amide bonds. The summed E-state index contributed by atoms with van der Waals surface area (Å²) < 4.78 is 1.52. The van der Waals surface area contributed by atoms with Crippen molar-refractivity contribution in [3.63, 3.8) is 0 Å². The molecule has 23 heavy (non-hydrogen) atoms. The Bertz CT molecular complexity index is 857. The summed E-state index contributed by atoms with van der Waals surface area (Å²) in [4.78, 5) is 24.3. The monoisotopic (exact) mass is 306 g/mol. The highest BCUT2D eigenvalue weighted by atomic mass is 16.2. The van der Waals surface area contributed by atoms with Gasteiger partial charge in [0.2, 0.25) is 0 Å². The lowest BCUT2D eigenvalue weighted by atomic mass is 10.1. The van der Waals surface area contributed by atoms with E-state index in [1.54, 1.807) is 54.9 Å². The number of para-hydroxylation sites is 2. The van der Waals surface area contributed by atoms with Crippen LogP contribution in [0.3, 0.4) is 0 Å². The molecular formula is C17H14N4O2. The lowest BCUT2D eigenvalue weighted by Crippen LogP contribution is -2.17. The number of hydrogen-bond acceptors (Lipinski definition) is 4. The van der Waals surface area contributed by atoms with Gasteiger partial charge in [0, 0.05) is 5.56 Å². The minimum atomic E-state index is -0.315. The lowest BCUT2D eigenvalue weighted by molar-refractivity contribution is 0.101. The number of hydrogen-bond donors (Lipinski definition) is 1. The standard InChI is InChI=1S/C17H14N4O2/c1-12(22)13-6-2-4-8-15(13)19-17(23)14-7-3-5-9-16(14)21-11-10-18-20-21/h2-11H,1H3,(H,19,23). The third-order valence-electron chi connectivity index (χ3n) is 3.37. The molecule has 0 saturated carbocycles. The van der Waals surface area contributed by atoms with Crippen LogP contribution in [0.1, 0.15) is 27.6 Å². The van der Waals surface area contributed by atoms with Gasteiger partial charge in [0.25, 0.3) is 5.91 Å². The van der Waals surface area contributed by atoms with Crippen molar-refractivity contribution in [2.75, 3.05) is 5.32 Å². The molecule has 0 spiro atoms. The van der Waals surface area contributed by atoms with E-state index in [-0.39, 0.29) is 11.7 Å². The van der Waals surface area contributed by atoms with Crippen molar-refractivity contribution in [2.24, 2.45) is 0 Å². The minimum absolute atomic E-state index is 0.106. The third kappa shape index (κ3) is 3.01. The van der Waals surface area contributed by atoms with Crippen LogP contribution in [-0.2, 0) is 0 Å². The Morgan fingerprint density at radius 1 is 1.00 bits per heavy atom. The first-order chi connectivity index (χ1) is 11.2. The zero-order valence-corrected chi connectivity index (χ0v) is 12.4. The summed E-state index contributed by atoms with van der Waals surface area (Å²) in [7, 11) is 0. The van der Waals surface area contributed by atoms with Gasteiger partial charge in [0.1, 0.15) is 0 Å². The number of anilines is 1. The third-order valence-corrected chi connectivity index (χ3v) is 3.37. The SMILES string of the molecule is CC(=O)c1ccccc1NC(=O)c1ccccc1-n1ccnn1. The van der Waals surface area contributed by atoms with Crippen LogP contribution >= 0.6 is 0 Å². The maximum atomic E-state index is 12.6. The fourth-order valence-corrected chi connectivity index (χ4v) is 2.29. The number of carbonyl (C=O) groups is 2. The summed E-state index contributed by atoms with van der Waals surface area (Å²) >= 11 is 0. The highest BCUT2D eigenvalue weighted by Gasteiger charge is 2.15. The summed E-state index contributed by atoms with van der Waals surface area (Å²) in [5.74, 6) is -0.421.